The average molecular weight is 305 g/mol. The summed E-state index contributed by atoms with van der Waals surface area (Å²) in [6.07, 6.45) is 2.99. The third-order valence-electron chi connectivity index (χ3n) is 3.83. The van der Waals surface area contributed by atoms with Crippen molar-refractivity contribution in [2.24, 2.45) is 0 Å². The molecule has 0 saturated heterocycles. The van der Waals surface area contributed by atoms with E-state index in [-0.39, 0.29) is 16.9 Å². The van der Waals surface area contributed by atoms with Gasteiger partial charge in [0.2, 0.25) is 5.43 Å². The van der Waals surface area contributed by atoms with E-state index in [0.29, 0.717) is 33.0 Å². The Hall–Kier alpha value is -3.34. The quantitative estimate of drug-likeness (QED) is 0.416. The maximum Gasteiger partial charge on any atom is 0.202 e. The number of hydrogen-bond acceptors (Lipinski definition) is 5. The number of phenolic OH excluding ortho intramolecular Hbond substituents is 2. The summed E-state index contributed by atoms with van der Waals surface area (Å²) in [5.74, 6) is -0.492. The van der Waals surface area contributed by atoms with Gasteiger partial charge in [-0.3, -0.25) is 9.78 Å². The summed E-state index contributed by atoms with van der Waals surface area (Å²) in [6.45, 7) is 0. The van der Waals surface area contributed by atoms with Gasteiger partial charge in [0.25, 0.3) is 0 Å². The van der Waals surface area contributed by atoms with Gasteiger partial charge >= 0.3 is 0 Å². The number of benzene rings is 2. The molecule has 23 heavy (non-hydrogen) atoms. The number of rotatable bonds is 1. The Morgan fingerprint density at radius 1 is 0.957 bits per heavy atom. The monoisotopic (exact) mass is 305 g/mol. The Kier molecular flexibility index (Phi) is 2.81. The molecule has 4 rings (SSSR count). The normalized spacial score (nSPS) is 11.1. The van der Waals surface area contributed by atoms with Gasteiger partial charge in [-0.1, -0.05) is 6.07 Å². The number of phenols is 2. The van der Waals surface area contributed by atoms with Gasteiger partial charge in [-0.05, 0) is 36.4 Å². The smallest absolute Gasteiger partial charge is 0.202 e. The first-order valence-electron chi connectivity index (χ1n) is 6.97. The summed E-state index contributed by atoms with van der Waals surface area (Å²) in [4.78, 5) is 17.1. The van der Waals surface area contributed by atoms with Crippen LogP contribution in [0.15, 0.2) is 64.1 Å². The van der Waals surface area contributed by atoms with E-state index >= 15 is 0 Å². The third-order valence-corrected chi connectivity index (χ3v) is 3.83. The lowest BCUT2D eigenvalue weighted by molar-refractivity contribution is 0.408. The molecular formula is C18H11NO4. The summed E-state index contributed by atoms with van der Waals surface area (Å²) in [7, 11) is 0. The molecule has 2 aromatic carbocycles. The molecule has 0 radical (unpaired) electrons. The summed E-state index contributed by atoms with van der Waals surface area (Å²) in [6, 6.07) is 11.4. The van der Waals surface area contributed by atoms with Gasteiger partial charge in [-0.2, -0.15) is 0 Å². The summed E-state index contributed by atoms with van der Waals surface area (Å²) < 4.78 is 5.57. The largest absolute Gasteiger partial charge is 0.504 e. The zero-order chi connectivity index (χ0) is 16.0. The highest BCUT2D eigenvalue weighted by molar-refractivity contribution is 6.09. The van der Waals surface area contributed by atoms with E-state index in [0.717, 1.165) is 0 Å². The average Bonchev–Trinajstić information content (AvgIpc) is 2.59. The van der Waals surface area contributed by atoms with Gasteiger partial charge in [0.05, 0.1) is 16.6 Å². The molecule has 0 bridgehead atoms. The summed E-state index contributed by atoms with van der Waals surface area (Å²) in [5, 5.41) is 20.9. The topological polar surface area (TPSA) is 83.6 Å². The molecule has 5 heteroatoms. The van der Waals surface area contributed by atoms with E-state index in [4.69, 9.17) is 4.42 Å². The molecular weight excluding hydrogens is 294 g/mol. The van der Waals surface area contributed by atoms with Crippen molar-refractivity contribution < 1.29 is 14.6 Å². The zero-order valence-corrected chi connectivity index (χ0v) is 11.9. The first kappa shape index (κ1) is 13.3. The van der Waals surface area contributed by atoms with Crippen molar-refractivity contribution in [1.82, 2.24) is 4.98 Å². The van der Waals surface area contributed by atoms with Crippen molar-refractivity contribution in [2.45, 2.75) is 0 Å². The first-order valence-corrected chi connectivity index (χ1v) is 6.97. The van der Waals surface area contributed by atoms with E-state index < -0.39 is 0 Å². The van der Waals surface area contributed by atoms with E-state index in [2.05, 4.69) is 4.98 Å². The van der Waals surface area contributed by atoms with E-state index in [9.17, 15) is 15.0 Å². The second-order valence-corrected chi connectivity index (χ2v) is 5.16. The number of aromatic hydroxyl groups is 2. The van der Waals surface area contributed by atoms with Crippen LogP contribution in [0, 0.1) is 0 Å². The summed E-state index contributed by atoms with van der Waals surface area (Å²) in [5.41, 5.74) is 1.04. The Morgan fingerprint density at radius 2 is 1.78 bits per heavy atom. The van der Waals surface area contributed by atoms with Crippen LogP contribution >= 0.6 is 0 Å². The van der Waals surface area contributed by atoms with Crippen molar-refractivity contribution >= 4 is 21.7 Å². The molecule has 0 unspecified atom stereocenters. The molecule has 112 valence electrons. The van der Waals surface area contributed by atoms with Crippen LogP contribution in [0.3, 0.4) is 0 Å². The van der Waals surface area contributed by atoms with Crippen molar-refractivity contribution in [1.29, 1.82) is 0 Å². The van der Waals surface area contributed by atoms with Gasteiger partial charge in [0.15, 0.2) is 11.5 Å². The predicted molar refractivity (Wildman–Crippen MR) is 86.6 cm³/mol. The van der Waals surface area contributed by atoms with E-state index in [1.165, 1.54) is 12.3 Å². The Balaban J connectivity index is 2.16. The number of pyridine rings is 1. The second-order valence-electron chi connectivity index (χ2n) is 5.16. The highest BCUT2D eigenvalue weighted by atomic mass is 16.3. The molecule has 0 aliphatic heterocycles. The van der Waals surface area contributed by atoms with Gasteiger partial charge in [-0.15, -0.1) is 0 Å². The Labute approximate surface area is 130 Å². The first-order chi connectivity index (χ1) is 11.2. The van der Waals surface area contributed by atoms with E-state index in [1.54, 1.807) is 42.6 Å². The predicted octanol–water partition coefficient (Wildman–Crippen LogP) is 3.42. The molecule has 0 aliphatic carbocycles. The molecule has 0 atom stereocenters. The third kappa shape index (κ3) is 1.94. The molecule has 0 spiro atoms. The van der Waals surface area contributed by atoms with Crippen LogP contribution in [0.4, 0.5) is 0 Å². The van der Waals surface area contributed by atoms with Crippen molar-refractivity contribution in [3.05, 3.63) is 65.1 Å². The zero-order valence-electron chi connectivity index (χ0n) is 11.9. The second kappa shape index (κ2) is 4.84. The minimum Gasteiger partial charge on any atom is -0.504 e. The minimum absolute atomic E-state index is 0.234. The number of nitrogens with zero attached hydrogens (tertiary/aromatic N) is 1. The fourth-order valence-electron chi connectivity index (χ4n) is 2.70. The Morgan fingerprint density at radius 3 is 2.57 bits per heavy atom. The lowest BCUT2D eigenvalue weighted by Crippen LogP contribution is -2.06. The van der Waals surface area contributed by atoms with E-state index in [1.807, 2.05) is 0 Å². The standard InChI is InChI=1S/C18H11NO4/c20-14-6-4-10-11(17(14)21)5-7-15-16(10)18(22)12(9-23-15)13-3-1-2-8-19-13/h1-9,20-21H. The maximum atomic E-state index is 12.9. The molecule has 4 aromatic rings. The molecule has 0 aliphatic rings. The van der Waals surface area contributed by atoms with Crippen LogP contribution in [0.2, 0.25) is 0 Å². The van der Waals surface area contributed by atoms with Crippen molar-refractivity contribution in [2.75, 3.05) is 0 Å². The van der Waals surface area contributed by atoms with Gasteiger partial charge < -0.3 is 14.6 Å². The van der Waals surface area contributed by atoms with Crippen LogP contribution in [0.1, 0.15) is 0 Å². The molecule has 0 fully saturated rings. The van der Waals surface area contributed by atoms with Crippen molar-refractivity contribution in [3.63, 3.8) is 0 Å². The lowest BCUT2D eigenvalue weighted by Gasteiger charge is -2.07. The molecule has 0 saturated carbocycles. The van der Waals surface area contributed by atoms with Crippen LogP contribution in [0.5, 0.6) is 11.5 Å². The molecule has 0 amide bonds. The van der Waals surface area contributed by atoms with Crippen LogP contribution in [0.25, 0.3) is 33.0 Å². The molecule has 2 N–H and O–H groups in total. The highest BCUT2D eigenvalue weighted by Gasteiger charge is 2.15. The number of aromatic nitrogens is 1. The van der Waals surface area contributed by atoms with Crippen molar-refractivity contribution in [3.8, 4) is 22.8 Å². The SMILES string of the molecule is O=c1c(-c2ccccn2)coc2ccc3c(O)c(O)ccc3c12. The fraction of sp³-hybridized carbons (Fsp3) is 0. The highest BCUT2D eigenvalue weighted by Crippen LogP contribution is 2.36. The van der Waals surface area contributed by atoms with Gasteiger partial charge in [-0.25, -0.2) is 0 Å². The molecule has 2 heterocycles. The molecule has 5 nitrogen and oxygen atoms in total. The fourth-order valence-corrected chi connectivity index (χ4v) is 2.70. The van der Waals surface area contributed by atoms with Gasteiger partial charge in [0, 0.05) is 17.0 Å². The maximum absolute atomic E-state index is 12.9. The minimum atomic E-state index is -0.257. The lowest BCUT2D eigenvalue weighted by atomic mass is 10.0. The van der Waals surface area contributed by atoms with Crippen LogP contribution in [-0.2, 0) is 0 Å². The van der Waals surface area contributed by atoms with Crippen LogP contribution in [-0.4, -0.2) is 15.2 Å². The summed E-state index contributed by atoms with van der Waals surface area (Å²) >= 11 is 0. The van der Waals surface area contributed by atoms with Gasteiger partial charge in [0.1, 0.15) is 11.8 Å². The Bertz CT molecular complexity index is 1100. The number of hydrogen-bond donors (Lipinski definition) is 2. The molecule has 2 aromatic heterocycles. The van der Waals surface area contributed by atoms with Crippen LogP contribution < -0.4 is 5.43 Å². The number of fused-ring (bicyclic) bond motifs is 3.